The number of ether oxygens (including phenoxy) is 1. The van der Waals surface area contributed by atoms with E-state index in [1.165, 1.54) is 0 Å². The number of methoxy groups -OCH3 is 1. The number of hydrogen-bond acceptors (Lipinski definition) is 5. The van der Waals surface area contributed by atoms with Crippen LogP contribution >= 0.6 is 11.6 Å². The van der Waals surface area contributed by atoms with E-state index in [2.05, 4.69) is 15.3 Å². The Kier molecular flexibility index (Phi) is 4.91. The molecule has 0 aromatic carbocycles. The zero-order valence-electron chi connectivity index (χ0n) is 13.7. The summed E-state index contributed by atoms with van der Waals surface area (Å²) < 4.78 is 7.24. The number of aromatic nitrogens is 3. The zero-order valence-corrected chi connectivity index (χ0v) is 14.5. The maximum atomic E-state index is 11.7. The van der Waals surface area contributed by atoms with Gasteiger partial charge in [0.15, 0.2) is 6.29 Å². The van der Waals surface area contributed by atoms with Crippen LogP contribution in [0.3, 0.4) is 0 Å². The third-order valence-electron chi connectivity index (χ3n) is 4.90. The van der Waals surface area contributed by atoms with Gasteiger partial charge in [-0.1, -0.05) is 0 Å². The molecule has 0 aliphatic heterocycles. The van der Waals surface area contributed by atoms with Crippen molar-refractivity contribution in [2.45, 2.75) is 37.3 Å². The Labute approximate surface area is 149 Å². The van der Waals surface area contributed by atoms with Crippen LogP contribution in [0, 0.1) is 0 Å². The molecule has 9 heteroatoms. The third-order valence-corrected chi connectivity index (χ3v) is 5.08. The molecule has 134 valence electrons. The van der Waals surface area contributed by atoms with Crippen molar-refractivity contribution in [3.63, 3.8) is 0 Å². The highest BCUT2D eigenvalue weighted by Crippen LogP contribution is 2.39. The number of aldehydes is 1. The lowest BCUT2D eigenvalue weighted by Crippen LogP contribution is -2.48. The lowest BCUT2D eigenvalue weighted by atomic mass is 9.79. The first-order chi connectivity index (χ1) is 12.0. The van der Waals surface area contributed by atoms with Crippen molar-refractivity contribution in [3.05, 3.63) is 23.2 Å². The van der Waals surface area contributed by atoms with Crippen molar-refractivity contribution in [2.24, 2.45) is 0 Å². The fourth-order valence-electron chi connectivity index (χ4n) is 3.66. The van der Waals surface area contributed by atoms with Crippen molar-refractivity contribution in [2.75, 3.05) is 13.7 Å². The van der Waals surface area contributed by atoms with Gasteiger partial charge in [0.25, 0.3) is 0 Å². The van der Waals surface area contributed by atoms with E-state index < -0.39 is 11.6 Å². The molecule has 3 rings (SSSR count). The Balaban J connectivity index is 2.12. The Hall–Kier alpha value is -2.19. The Morgan fingerprint density at radius 2 is 2.28 bits per heavy atom. The summed E-state index contributed by atoms with van der Waals surface area (Å²) in [4.78, 5) is 31.0. The molecule has 0 bridgehead atoms. The molecular weight excluding hydrogens is 348 g/mol. The van der Waals surface area contributed by atoms with Crippen LogP contribution in [0.1, 0.15) is 36.2 Å². The third kappa shape index (κ3) is 3.32. The highest BCUT2D eigenvalue weighted by Gasteiger charge is 2.40. The first-order valence-electron chi connectivity index (χ1n) is 7.98. The fourth-order valence-corrected chi connectivity index (χ4v) is 3.79. The van der Waals surface area contributed by atoms with Gasteiger partial charge < -0.3 is 19.7 Å². The molecule has 0 radical (unpaired) electrons. The number of carbonyl (C=O) groups excluding carboxylic acids is 1. The molecule has 1 saturated carbocycles. The highest BCUT2D eigenvalue weighted by molar-refractivity contribution is 6.28. The minimum atomic E-state index is -1.11. The smallest absolute Gasteiger partial charge is 0.404 e. The Bertz CT molecular complexity index is 799. The lowest BCUT2D eigenvalue weighted by molar-refractivity contribution is 0.0311. The van der Waals surface area contributed by atoms with Gasteiger partial charge in [-0.05, 0) is 43.4 Å². The molecular formula is C16H19ClN4O4. The molecule has 0 saturated heterocycles. The summed E-state index contributed by atoms with van der Waals surface area (Å²) in [6, 6.07) is 1.70. The summed E-state index contributed by atoms with van der Waals surface area (Å²) >= 11 is 5.95. The number of hydrogen-bond donors (Lipinski definition) is 2. The first kappa shape index (κ1) is 17.6. The summed E-state index contributed by atoms with van der Waals surface area (Å²) in [7, 11) is 1.67. The number of halogens is 1. The molecule has 8 nitrogen and oxygen atoms in total. The molecule has 1 aliphatic carbocycles. The van der Waals surface area contributed by atoms with E-state index in [1.54, 1.807) is 19.4 Å². The summed E-state index contributed by atoms with van der Waals surface area (Å²) in [5.74, 6) is 0. The molecule has 1 amide bonds. The Morgan fingerprint density at radius 1 is 1.56 bits per heavy atom. The molecule has 0 spiro atoms. The van der Waals surface area contributed by atoms with E-state index in [1.807, 2.05) is 4.57 Å². The maximum Gasteiger partial charge on any atom is 0.404 e. The molecule has 0 unspecified atom stereocenters. The number of nitrogens with one attached hydrogen (secondary N) is 1. The van der Waals surface area contributed by atoms with Crippen molar-refractivity contribution >= 4 is 35.0 Å². The molecule has 2 N–H and O–H groups in total. The predicted molar refractivity (Wildman–Crippen MR) is 91.2 cm³/mol. The number of amides is 1. The fraction of sp³-hybridized carbons (Fsp3) is 0.500. The van der Waals surface area contributed by atoms with Gasteiger partial charge in [-0.25, -0.2) is 9.78 Å². The number of rotatable bonds is 5. The normalized spacial score (nSPS) is 23.5. The Morgan fingerprint density at radius 3 is 2.88 bits per heavy atom. The number of carboxylic acid groups (broad SMARTS) is 1. The SMILES string of the molecule is CO[C@H]1CC[C@@](CNC(=O)O)(n2c(C=O)cc3cnc(Cl)nc32)CC1. The van der Waals surface area contributed by atoms with Crippen LogP contribution in [-0.4, -0.2) is 51.8 Å². The molecule has 2 heterocycles. The summed E-state index contributed by atoms with van der Waals surface area (Å²) in [6.45, 7) is 0.172. The van der Waals surface area contributed by atoms with Gasteiger partial charge in [0.1, 0.15) is 5.65 Å². The molecule has 25 heavy (non-hydrogen) atoms. The maximum absolute atomic E-state index is 11.7. The van der Waals surface area contributed by atoms with Gasteiger partial charge in [-0.3, -0.25) is 4.79 Å². The number of nitrogens with zero attached hydrogens (tertiary/aromatic N) is 3. The van der Waals surface area contributed by atoms with Gasteiger partial charge in [0, 0.05) is 25.2 Å². The number of carbonyl (C=O) groups is 2. The van der Waals surface area contributed by atoms with Crippen LogP contribution in [-0.2, 0) is 10.3 Å². The monoisotopic (exact) mass is 366 g/mol. The van der Waals surface area contributed by atoms with Gasteiger partial charge in [0.2, 0.25) is 5.28 Å². The second-order valence-corrected chi connectivity index (χ2v) is 6.60. The second kappa shape index (κ2) is 6.97. The van der Waals surface area contributed by atoms with E-state index >= 15 is 0 Å². The van der Waals surface area contributed by atoms with Gasteiger partial charge >= 0.3 is 6.09 Å². The van der Waals surface area contributed by atoms with Crippen LogP contribution < -0.4 is 5.32 Å². The summed E-state index contributed by atoms with van der Waals surface area (Å²) in [5, 5.41) is 12.3. The topological polar surface area (TPSA) is 106 Å². The highest BCUT2D eigenvalue weighted by atomic mass is 35.5. The van der Waals surface area contributed by atoms with E-state index in [0.717, 1.165) is 19.1 Å². The average Bonchev–Trinajstić information content (AvgIpc) is 2.98. The summed E-state index contributed by atoms with van der Waals surface area (Å²) in [6.07, 6.45) is 4.15. The summed E-state index contributed by atoms with van der Waals surface area (Å²) in [5.41, 5.74) is 0.350. The van der Waals surface area contributed by atoms with Crippen molar-refractivity contribution in [1.29, 1.82) is 0 Å². The molecule has 2 aromatic heterocycles. The molecule has 2 aromatic rings. The first-order valence-corrected chi connectivity index (χ1v) is 8.36. The van der Waals surface area contributed by atoms with Crippen molar-refractivity contribution in [3.8, 4) is 0 Å². The van der Waals surface area contributed by atoms with Crippen LogP contribution in [0.2, 0.25) is 5.28 Å². The second-order valence-electron chi connectivity index (χ2n) is 6.26. The van der Waals surface area contributed by atoms with Crippen LogP contribution in [0.5, 0.6) is 0 Å². The van der Waals surface area contributed by atoms with E-state index in [9.17, 15) is 9.59 Å². The van der Waals surface area contributed by atoms with Crippen LogP contribution in [0.25, 0.3) is 11.0 Å². The average molecular weight is 367 g/mol. The van der Waals surface area contributed by atoms with Crippen LogP contribution in [0.15, 0.2) is 12.3 Å². The zero-order chi connectivity index (χ0) is 18.0. The minimum Gasteiger partial charge on any atom is -0.465 e. The van der Waals surface area contributed by atoms with Gasteiger partial charge in [-0.15, -0.1) is 0 Å². The number of fused-ring (bicyclic) bond motifs is 1. The molecule has 0 atom stereocenters. The van der Waals surface area contributed by atoms with Gasteiger partial charge in [-0.2, -0.15) is 4.98 Å². The molecule has 1 fully saturated rings. The molecule has 1 aliphatic rings. The predicted octanol–water partition coefficient (Wildman–Crippen LogP) is 2.45. The lowest BCUT2D eigenvalue weighted by Gasteiger charge is -2.41. The van der Waals surface area contributed by atoms with Crippen molar-refractivity contribution < 1.29 is 19.4 Å². The van der Waals surface area contributed by atoms with Crippen molar-refractivity contribution in [1.82, 2.24) is 19.9 Å². The van der Waals surface area contributed by atoms with Gasteiger partial charge in [0.05, 0.1) is 17.3 Å². The van der Waals surface area contributed by atoms with E-state index in [0.29, 0.717) is 29.6 Å². The quantitative estimate of drug-likeness (QED) is 0.621. The standard InChI is InChI=1S/C16H19ClN4O4/c1-25-12-2-4-16(5-3-12,9-19-15(23)24)21-11(8-22)6-10-7-18-14(17)20-13(10)21/h6-8,12,19H,2-5,9H2,1H3,(H,23,24)/t12-,16+. The minimum absolute atomic E-state index is 0.0798. The van der Waals surface area contributed by atoms with E-state index in [-0.39, 0.29) is 17.9 Å². The van der Waals surface area contributed by atoms with Crippen LogP contribution in [0.4, 0.5) is 4.79 Å². The largest absolute Gasteiger partial charge is 0.465 e. The van der Waals surface area contributed by atoms with E-state index in [4.69, 9.17) is 21.4 Å².